The van der Waals surface area contributed by atoms with E-state index >= 15 is 0 Å². The first-order valence-electron chi connectivity index (χ1n) is 10.5. The van der Waals surface area contributed by atoms with Crippen molar-refractivity contribution < 1.29 is 19.0 Å². The largest absolute Gasteiger partial charge is 0.493 e. The van der Waals surface area contributed by atoms with Gasteiger partial charge in [0, 0.05) is 17.0 Å². The van der Waals surface area contributed by atoms with E-state index in [9.17, 15) is 4.79 Å². The van der Waals surface area contributed by atoms with Crippen LogP contribution in [0.2, 0.25) is 0 Å². The van der Waals surface area contributed by atoms with E-state index in [1.807, 2.05) is 30.3 Å². The summed E-state index contributed by atoms with van der Waals surface area (Å²) in [7, 11) is 1.63. The molecule has 4 aromatic rings. The minimum absolute atomic E-state index is 0.199. The van der Waals surface area contributed by atoms with Crippen LogP contribution in [0, 0.1) is 0 Å². The summed E-state index contributed by atoms with van der Waals surface area (Å²) >= 11 is 1.17. The van der Waals surface area contributed by atoms with Gasteiger partial charge >= 0.3 is 5.97 Å². The molecule has 0 saturated heterocycles. The van der Waals surface area contributed by atoms with Gasteiger partial charge in [-0.1, -0.05) is 6.07 Å². The number of benzene rings is 2. The second-order valence-electron chi connectivity index (χ2n) is 7.64. The highest BCUT2D eigenvalue weighted by Crippen LogP contribution is 2.41. The Morgan fingerprint density at radius 3 is 2.71 bits per heavy atom. The normalized spacial score (nSPS) is 14.4. The highest BCUT2D eigenvalue weighted by Gasteiger charge is 2.24. The monoisotopic (exact) mass is 437 g/mol. The fourth-order valence-corrected chi connectivity index (χ4v) is 4.75. The molecule has 2 heterocycles. The Bertz CT molecular complexity index is 1260. The van der Waals surface area contributed by atoms with Crippen LogP contribution in [-0.4, -0.2) is 39.5 Å². The Kier molecular flexibility index (Phi) is 5.23. The van der Waals surface area contributed by atoms with Gasteiger partial charge < -0.3 is 19.2 Å². The second-order valence-corrected chi connectivity index (χ2v) is 8.16. The number of carbonyl (C=O) groups is 1. The highest BCUT2D eigenvalue weighted by molar-refractivity contribution is 7.00. The van der Waals surface area contributed by atoms with Crippen LogP contribution in [-0.2, 0) is 4.74 Å². The SMILES string of the molecule is CCOC(=O)c1[nH]c2cc(OC3CCCC3)c(OC)cc2c1-c1ccc2nsnc2c1. The van der Waals surface area contributed by atoms with Crippen molar-refractivity contribution in [3.8, 4) is 22.6 Å². The molecule has 0 amide bonds. The number of carbonyl (C=O) groups excluding carboxylic acids is 1. The molecular formula is C23H23N3O4S. The summed E-state index contributed by atoms with van der Waals surface area (Å²) in [5, 5.41) is 0.862. The smallest absolute Gasteiger partial charge is 0.355 e. The molecule has 1 fully saturated rings. The molecule has 1 aliphatic carbocycles. The Morgan fingerprint density at radius 1 is 1.13 bits per heavy atom. The van der Waals surface area contributed by atoms with Gasteiger partial charge in [0.05, 0.1) is 37.1 Å². The maximum absolute atomic E-state index is 12.8. The minimum atomic E-state index is -0.401. The predicted octanol–water partition coefficient (Wildman–Crippen LogP) is 5.35. The molecule has 0 aliphatic heterocycles. The molecule has 7 nitrogen and oxygen atoms in total. The van der Waals surface area contributed by atoms with Crippen LogP contribution in [0.3, 0.4) is 0 Å². The molecule has 1 N–H and O–H groups in total. The molecular weight excluding hydrogens is 414 g/mol. The number of fused-ring (bicyclic) bond motifs is 2. The Labute approximate surface area is 183 Å². The van der Waals surface area contributed by atoms with E-state index in [2.05, 4.69) is 13.7 Å². The van der Waals surface area contributed by atoms with Gasteiger partial charge in [-0.05, 0) is 56.4 Å². The van der Waals surface area contributed by atoms with Gasteiger partial charge in [0.15, 0.2) is 11.5 Å². The van der Waals surface area contributed by atoms with Crippen molar-refractivity contribution in [2.75, 3.05) is 13.7 Å². The predicted molar refractivity (Wildman–Crippen MR) is 120 cm³/mol. The zero-order valence-corrected chi connectivity index (χ0v) is 18.3. The second kappa shape index (κ2) is 8.19. The molecule has 0 radical (unpaired) electrons. The molecule has 0 bridgehead atoms. The summed E-state index contributed by atoms with van der Waals surface area (Å²) in [4.78, 5) is 16.1. The average molecular weight is 438 g/mol. The molecule has 0 spiro atoms. The molecule has 2 aromatic carbocycles. The summed E-state index contributed by atoms with van der Waals surface area (Å²) in [6, 6.07) is 9.65. The van der Waals surface area contributed by atoms with Crippen molar-refractivity contribution in [3.63, 3.8) is 0 Å². The summed E-state index contributed by atoms with van der Waals surface area (Å²) in [6.07, 6.45) is 4.66. The molecule has 1 saturated carbocycles. The maximum Gasteiger partial charge on any atom is 0.355 e. The average Bonchev–Trinajstić information content (AvgIpc) is 3.52. The lowest BCUT2D eigenvalue weighted by atomic mass is 10.0. The number of esters is 1. The lowest BCUT2D eigenvalue weighted by Crippen LogP contribution is -2.11. The third-order valence-corrected chi connectivity index (χ3v) is 6.26. The highest BCUT2D eigenvalue weighted by atomic mass is 32.1. The number of hydrogen-bond acceptors (Lipinski definition) is 7. The zero-order chi connectivity index (χ0) is 21.4. The molecule has 160 valence electrons. The molecule has 0 unspecified atom stereocenters. The summed E-state index contributed by atoms with van der Waals surface area (Å²) < 4.78 is 25.8. The summed E-state index contributed by atoms with van der Waals surface area (Å²) in [5.41, 5.74) is 4.44. The Morgan fingerprint density at radius 2 is 1.94 bits per heavy atom. The number of aromatic nitrogens is 3. The van der Waals surface area contributed by atoms with Gasteiger partial charge in [-0.3, -0.25) is 0 Å². The lowest BCUT2D eigenvalue weighted by Gasteiger charge is -2.16. The van der Waals surface area contributed by atoms with Gasteiger partial charge in [0.1, 0.15) is 16.7 Å². The van der Waals surface area contributed by atoms with E-state index in [0.717, 1.165) is 45.9 Å². The summed E-state index contributed by atoms with van der Waals surface area (Å²) in [6.45, 7) is 2.09. The van der Waals surface area contributed by atoms with Crippen molar-refractivity contribution in [3.05, 3.63) is 36.0 Å². The Hall–Kier alpha value is -3.13. The quantitative estimate of drug-likeness (QED) is 0.410. The van der Waals surface area contributed by atoms with Crippen molar-refractivity contribution in [2.24, 2.45) is 0 Å². The van der Waals surface area contributed by atoms with Crippen LogP contribution in [0.25, 0.3) is 33.1 Å². The number of H-pyrrole nitrogens is 1. The molecule has 31 heavy (non-hydrogen) atoms. The van der Waals surface area contributed by atoms with Crippen molar-refractivity contribution in [1.82, 2.24) is 13.7 Å². The summed E-state index contributed by atoms with van der Waals surface area (Å²) in [5.74, 6) is 0.929. The number of nitrogens with zero attached hydrogens (tertiary/aromatic N) is 2. The first-order valence-corrected chi connectivity index (χ1v) is 11.2. The van der Waals surface area contributed by atoms with Gasteiger partial charge in [0.25, 0.3) is 0 Å². The molecule has 8 heteroatoms. The van der Waals surface area contributed by atoms with Gasteiger partial charge in [-0.25, -0.2) is 4.79 Å². The van der Waals surface area contributed by atoms with E-state index in [4.69, 9.17) is 14.2 Å². The lowest BCUT2D eigenvalue weighted by molar-refractivity contribution is 0.0521. The number of aromatic amines is 1. The van der Waals surface area contributed by atoms with Gasteiger partial charge in [-0.15, -0.1) is 0 Å². The van der Waals surface area contributed by atoms with Crippen LogP contribution in [0.4, 0.5) is 0 Å². The number of ether oxygens (including phenoxy) is 3. The molecule has 1 aliphatic rings. The van der Waals surface area contributed by atoms with Crippen LogP contribution >= 0.6 is 11.7 Å². The van der Waals surface area contributed by atoms with Gasteiger partial charge in [0.2, 0.25) is 0 Å². The number of hydrogen-bond donors (Lipinski definition) is 1. The maximum atomic E-state index is 12.8. The third-order valence-electron chi connectivity index (χ3n) is 5.70. The van der Waals surface area contributed by atoms with E-state index < -0.39 is 5.97 Å². The van der Waals surface area contributed by atoms with Crippen LogP contribution < -0.4 is 9.47 Å². The Balaban J connectivity index is 1.68. The minimum Gasteiger partial charge on any atom is -0.493 e. The van der Waals surface area contributed by atoms with E-state index in [1.165, 1.54) is 24.6 Å². The molecule has 0 atom stereocenters. The molecule has 5 rings (SSSR count). The number of methoxy groups -OCH3 is 1. The molecule has 2 aromatic heterocycles. The number of rotatable bonds is 6. The van der Waals surface area contributed by atoms with E-state index in [-0.39, 0.29) is 6.10 Å². The van der Waals surface area contributed by atoms with Crippen LogP contribution in [0.1, 0.15) is 43.1 Å². The topological polar surface area (TPSA) is 86.3 Å². The fraction of sp³-hybridized carbons (Fsp3) is 0.348. The van der Waals surface area contributed by atoms with Crippen molar-refractivity contribution in [1.29, 1.82) is 0 Å². The third kappa shape index (κ3) is 3.61. The first kappa shape index (κ1) is 19.8. The van der Waals surface area contributed by atoms with Crippen molar-refractivity contribution >= 4 is 39.6 Å². The van der Waals surface area contributed by atoms with Gasteiger partial charge in [-0.2, -0.15) is 8.75 Å². The first-order chi connectivity index (χ1) is 15.2. The fourth-order valence-electron chi connectivity index (χ4n) is 4.23. The standard InChI is InChI=1S/C23H23N3O4S/c1-3-29-23(27)22-21(13-8-9-16-18(10-13)26-31-25-16)15-11-19(28-2)20(12-17(15)24-22)30-14-6-4-5-7-14/h8-12,14,24H,3-7H2,1-2H3. The van der Waals surface area contributed by atoms with E-state index in [0.29, 0.717) is 23.8 Å². The van der Waals surface area contributed by atoms with E-state index in [1.54, 1.807) is 14.0 Å². The zero-order valence-electron chi connectivity index (χ0n) is 17.4. The van der Waals surface area contributed by atoms with Crippen molar-refractivity contribution in [2.45, 2.75) is 38.7 Å². The van der Waals surface area contributed by atoms with Crippen LogP contribution in [0.5, 0.6) is 11.5 Å². The number of nitrogens with one attached hydrogen (secondary N) is 1. The van der Waals surface area contributed by atoms with Crippen LogP contribution in [0.15, 0.2) is 30.3 Å².